The molecule has 0 fully saturated rings. The first-order chi connectivity index (χ1) is 16.3. The van der Waals surface area contributed by atoms with Gasteiger partial charge < -0.3 is 5.32 Å². The molecule has 0 bridgehead atoms. The number of carbonyl (C=O) groups is 1. The summed E-state index contributed by atoms with van der Waals surface area (Å²) in [6.45, 7) is 4.20. The zero-order valence-corrected chi connectivity index (χ0v) is 22.5. The van der Waals surface area contributed by atoms with E-state index in [1.165, 1.54) is 11.1 Å². The van der Waals surface area contributed by atoms with Crippen molar-refractivity contribution in [3.63, 3.8) is 0 Å². The van der Waals surface area contributed by atoms with Crippen LogP contribution in [0.4, 0.5) is 5.69 Å². The topological polar surface area (TPSA) is 66.5 Å². The van der Waals surface area contributed by atoms with Crippen molar-refractivity contribution in [2.75, 3.05) is 23.1 Å². The van der Waals surface area contributed by atoms with Gasteiger partial charge in [-0.15, -0.1) is 0 Å². The third kappa shape index (κ3) is 7.61. The van der Waals surface area contributed by atoms with Gasteiger partial charge in [0.15, 0.2) is 0 Å². The molecule has 3 aromatic rings. The van der Waals surface area contributed by atoms with Crippen LogP contribution in [0.2, 0.25) is 0 Å². The number of halogens is 1. The maximum absolute atomic E-state index is 13.4. The van der Waals surface area contributed by atoms with Crippen LogP contribution >= 0.6 is 27.7 Å². The van der Waals surface area contributed by atoms with Crippen molar-refractivity contribution in [1.29, 1.82) is 0 Å². The van der Waals surface area contributed by atoms with Gasteiger partial charge in [0.05, 0.1) is 10.6 Å². The summed E-state index contributed by atoms with van der Waals surface area (Å²) in [6.07, 6.45) is 0.811. The number of aryl methyl sites for hydroxylation is 2. The van der Waals surface area contributed by atoms with Gasteiger partial charge in [-0.2, -0.15) is 11.8 Å². The van der Waals surface area contributed by atoms with Crippen LogP contribution in [-0.2, 0) is 20.6 Å². The number of nitrogens with one attached hydrogen (secondary N) is 1. The first-order valence-electron chi connectivity index (χ1n) is 11.0. The van der Waals surface area contributed by atoms with Crippen molar-refractivity contribution in [3.8, 4) is 0 Å². The standard InChI is InChI=1S/C26H29BrN2O3S2/c1-20-7-13-25(14-8-20)34(31,32)29(24-11-9-23(27)10-12-24)18-26(30)28-15-4-16-33-19-22-6-3-5-21(2)17-22/h3,5-14,17H,4,15-16,18-19H2,1-2H3,(H,28,30). The smallest absolute Gasteiger partial charge is 0.264 e. The molecule has 0 aliphatic carbocycles. The van der Waals surface area contributed by atoms with E-state index < -0.39 is 10.0 Å². The summed E-state index contributed by atoms with van der Waals surface area (Å²) in [4.78, 5) is 12.8. The Labute approximate surface area is 215 Å². The maximum atomic E-state index is 13.4. The predicted octanol–water partition coefficient (Wildman–Crippen LogP) is 5.70. The molecule has 1 amide bonds. The van der Waals surface area contributed by atoms with Crippen molar-refractivity contribution in [2.24, 2.45) is 0 Å². The third-order valence-electron chi connectivity index (χ3n) is 5.15. The number of benzene rings is 3. The highest BCUT2D eigenvalue weighted by Gasteiger charge is 2.27. The molecular weight excluding hydrogens is 532 g/mol. The molecule has 3 rings (SSSR count). The number of amides is 1. The molecule has 0 heterocycles. The van der Waals surface area contributed by atoms with Gasteiger partial charge in [-0.25, -0.2) is 8.42 Å². The lowest BCUT2D eigenvalue weighted by Crippen LogP contribution is -2.41. The quantitative estimate of drug-likeness (QED) is 0.305. The second-order valence-corrected chi connectivity index (χ2v) is 11.9. The Balaban J connectivity index is 1.58. The molecular formula is C26H29BrN2O3S2. The molecule has 0 saturated carbocycles. The van der Waals surface area contributed by atoms with Crippen molar-refractivity contribution in [1.82, 2.24) is 5.32 Å². The minimum absolute atomic E-state index is 0.154. The molecule has 3 aromatic carbocycles. The molecule has 0 aliphatic rings. The van der Waals surface area contributed by atoms with Crippen LogP contribution in [0.25, 0.3) is 0 Å². The first-order valence-corrected chi connectivity index (χ1v) is 14.4. The normalized spacial score (nSPS) is 11.3. The van der Waals surface area contributed by atoms with Gasteiger partial charge in [0.1, 0.15) is 6.54 Å². The number of nitrogens with zero attached hydrogens (tertiary/aromatic N) is 1. The minimum atomic E-state index is -3.90. The number of sulfonamides is 1. The van der Waals surface area contributed by atoms with E-state index in [1.54, 1.807) is 48.5 Å². The van der Waals surface area contributed by atoms with Crippen LogP contribution in [0.5, 0.6) is 0 Å². The van der Waals surface area contributed by atoms with E-state index in [1.807, 2.05) is 18.7 Å². The number of hydrogen-bond acceptors (Lipinski definition) is 4. The summed E-state index contributed by atoms with van der Waals surface area (Å²) >= 11 is 5.19. The van der Waals surface area contributed by atoms with Crippen LogP contribution in [0.1, 0.15) is 23.1 Å². The fraction of sp³-hybridized carbons (Fsp3) is 0.269. The summed E-state index contributed by atoms with van der Waals surface area (Å²) < 4.78 is 28.7. The van der Waals surface area contributed by atoms with Gasteiger partial charge in [-0.1, -0.05) is 63.5 Å². The first kappa shape index (κ1) is 26.3. The highest BCUT2D eigenvalue weighted by atomic mass is 79.9. The molecule has 0 atom stereocenters. The van der Waals surface area contributed by atoms with E-state index in [4.69, 9.17) is 0 Å². The van der Waals surface area contributed by atoms with Crippen LogP contribution in [0, 0.1) is 13.8 Å². The zero-order chi connectivity index (χ0) is 24.6. The molecule has 5 nitrogen and oxygen atoms in total. The highest BCUT2D eigenvalue weighted by molar-refractivity contribution is 9.10. The lowest BCUT2D eigenvalue weighted by Gasteiger charge is -2.24. The molecule has 0 unspecified atom stereocenters. The molecule has 1 N–H and O–H groups in total. The lowest BCUT2D eigenvalue weighted by atomic mass is 10.2. The largest absolute Gasteiger partial charge is 0.354 e. The zero-order valence-electron chi connectivity index (χ0n) is 19.3. The monoisotopic (exact) mass is 560 g/mol. The SMILES string of the molecule is Cc1ccc(S(=O)(=O)N(CC(=O)NCCCSCc2cccc(C)c2)c2ccc(Br)cc2)cc1. The Morgan fingerprint density at radius 2 is 1.68 bits per heavy atom. The van der Waals surface area contributed by atoms with Gasteiger partial charge in [-0.05, 0) is 68.0 Å². The molecule has 0 saturated heterocycles. The Morgan fingerprint density at radius 1 is 0.971 bits per heavy atom. The average molecular weight is 562 g/mol. The van der Waals surface area contributed by atoms with Crippen LogP contribution in [0.3, 0.4) is 0 Å². The second kappa shape index (κ2) is 12.4. The summed E-state index contributed by atoms with van der Waals surface area (Å²) in [7, 11) is -3.90. The summed E-state index contributed by atoms with van der Waals surface area (Å²) in [5, 5.41) is 2.87. The fourth-order valence-electron chi connectivity index (χ4n) is 3.34. The van der Waals surface area contributed by atoms with E-state index in [0.29, 0.717) is 12.2 Å². The fourth-order valence-corrected chi connectivity index (χ4v) is 5.93. The van der Waals surface area contributed by atoms with Crippen molar-refractivity contribution in [3.05, 3.63) is 94.0 Å². The van der Waals surface area contributed by atoms with Gasteiger partial charge in [-0.3, -0.25) is 9.10 Å². The van der Waals surface area contributed by atoms with E-state index >= 15 is 0 Å². The third-order valence-corrected chi connectivity index (χ3v) is 8.58. The molecule has 0 aromatic heterocycles. The van der Waals surface area contributed by atoms with Crippen LogP contribution in [-0.4, -0.2) is 33.2 Å². The van der Waals surface area contributed by atoms with Crippen LogP contribution < -0.4 is 9.62 Å². The molecule has 0 radical (unpaired) electrons. The highest BCUT2D eigenvalue weighted by Crippen LogP contribution is 2.25. The summed E-state index contributed by atoms with van der Waals surface area (Å²) in [5.74, 6) is 1.51. The van der Waals surface area contributed by atoms with Gasteiger partial charge in [0.25, 0.3) is 10.0 Å². The van der Waals surface area contributed by atoms with Crippen molar-refractivity contribution >= 4 is 49.3 Å². The number of hydrogen-bond donors (Lipinski definition) is 1. The summed E-state index contributed by atoms with van der Waals surface area (Å²) in [5.41, 5.74) is 3.95. The van der Waals surface area contributed by atoms with Crippen LogP contribution in [0.15, 0.2) is 82.2 Å². The van der Waals surface area contributed by atoms with E-state index in [9.17, 15) is 13.2 Å². The Bertz CT molecular complexity index is 1200. The van der Waals surface area contributed by atoms with Crippen molar-refractivity contribution in [2.45, 2.75) is 30.9 Å². The number of carbonyl (C=O) groups excluding carboxylic acids is 1. The Kier molecular flexibility index (Phi) is 9.62. The average Bonchev–Trinajstić information content (AvgIpc) is 2.81. The minimum Gasteiger partial charge on any atom is -0.354 e. The van der Waals surface area contributed by atoms with E-state index in [0.717, 1.165) is 32.3 Å². The van der Waals surface area contributed by atoms with Gasteiger partial charge in [0, 0.05) is 16.8 Å². The predicted molar refractivity (Wildman–Crippen MR) is 145 cm³/mol. The Morgan fingerprint density at radius 3 is 2.35 bits per heavy atom. The molecule has 0 spiro atoms. The molecule has 0 aliphatic heterocycles. The van der Waals surface area contributed by atoms with E-state index in [-0.39, 0.29) is 17.3 Å². The maximum Gasteiger partial charge on any atom is 0.264 e. The summed E-state index contributed by atoms with van der Waals surface area (Å²) in [6, 6.07) is 22.0. The molecule has 8 heteroatoms. The number of anilines is 1. The lowest BCUT2D eigenvalue weighted by molar-refractivity contribution is -0.119. The second-order valence-electron chi connectivity index (χ2n) is 8.05. The van der Waals surface area contributed by atoms with Gasteiger partial charge >= 0.3 is 0 Å². The molecule has 34 heavy (non-hydrogen) atoms. The van der Waals surface area contributed by atoms with Gasteiger partial charge in [0.2, 0.25) is 5.91 Å². The molecule has 180 valence electrons. The van der Waals surface area contributed by atoms with Crippen molar-refractivity contribution < 1.29 is 13.2 Å². The Hall–Kier alpha value is -2.29. The van der Waals surface area contributed by atoms with E-state index in [2.05, 4.69) is 52.4 Å². The number of thioether (sulfide) groups is 1. The number of rotatable bonds is 11.